The van der Waals surface area contributed by atoms with Crippen molar-refractivity contribution in [3.63, 3.8) is 0 Å². The average molecular weight is 777 g/mol. The van der Waals surface area contributed by atoms with Crippen LogP contribution in [0.2, 0.25) is 0 Å². The first-order chi connectivity index (χ1) is 26.2. The summed E-state index contributed by atoms with van der Waals surface area (Å²) in [7, 11) is -6.42. The smallest absolute Gasteiger partial charge is 0.349 e. The molecule has 0 unspecified atom stereocenters. The van der Waals surface area contributed by atoms with Crippen LogP contribution < -0.4 is 14.2 Å². The summed E-state index contributed by atoms with van der Waals surface area (Å²) >= 11 is 0. The Hall–Kier alpha value is -5.09. The highest BCUT2D eigenvalue weighted by atomic mass is 32.3. The highest BCUT2D eigenvalue weighted by Crippen LogP contribution is 2.66. The van der Waals surface area contributed by atoms with Gasteiger partial charge in [0.2, 0.25) is 0 Å². The summed E-state index contributed by atoms with van der Waals surface area (Å²) in [5, 5.41) is 1.19. The lowest BCUT2D eigenvalue weighted by Gasteiger charge is -2.38. The third kappa shape index (κ3) is 9.07. The molecular weight excluding hydrogens is 729 g/mol. The standard InChI is InChI=1S/C46H48O7S2/c1-7-32(8-2)33-19-22-35(23-20-33)52-45(47)31-51-36-24-21-34-27-40(55(48,49)50)30-42(41(34)28-36)43-29-39(25-26-44(43)53-46(3,4)5)54(6,37-15-11-9-12-16-37)38-17-13-10-14-18-38/h9-30,32H,7-8,31H2,1-6H3,(H,48,49,50). The second kappa shape index (κ2) is 16.3. The number of carbonyl (C=O) groups is 1. The average Bonchev–Trinajstić information content (AvgIpc) is 3.17. The highest BCUT2D eigenvalue weighted by molar-refractivity contribution is 8.33. The van der Waals surface area contributed by atoms with Crippen LogP contribution in [0.1, 0.15) is 58.9 Å². The van der Waals surface area contributed by atoms with E-state index in [0.717, 1.165) is 27.5 Å². The zero-order chi connectivity index (χ0) is 39.4. The number of ether oxygens (including phenoxy) is 3. The molecule has 0 bridgehead atoms. The summed E-state index contributed by atoms with van der Waals surface area (Å²) in [4.78, 5) is 16.0. The van der Waals surface area contributed by atoms with Crippen molar-refractivity contribution in [3.8, 4) is 28.4 Å². The molecule has 9 heteroatoms. The van der Waals surface area contributed by atoms with Gasteiger partial charge in [-0.15, -0.1) is 0 Å². The molecule has 55 heavy (non-hydrogen) atoms. The van der Waals surface area contributed by atoms with E-state index < -0.39 is 31.7 Å². The van der Waals surface area contributed by atoms with E-state index in [1.807, 2.05) is 75.4 Å². The van der Waals surface area contributed by atoms with Crippen LogP contribution in [0.15, 0.2) is 153 Å². The van der Waals surface area contributed by atoms with Gasteiger partial charge in [0.1, 0.15) is 22.8 Å². The van der Waals surface area contributed by atoms with E-state index in [-0.39, 0.29) is 11.5 Å². The lowest BCUT2D eigenvalue weighted by atomic mass is 9.94. The zero-order valence-corrected chi connectivity index (χ0v) is 33.7. The molecule has 0 aliphatic carbocycles. The van der Waals surface area contributed by atoms with Gasteiger partial charge in [-0.3, -0.25) is 4.55 Å². The summed E-state index contributed by atoms with van der Waals surface area (Å²) in [5.41, 5.74) is 1.77. The van der Waals surface area contributed by atoms with E-state index in [9.17, 15) is 17.8 Å². The Morgan fingerprint density at radius 2 is 1.25 bits per heavy atom. The van der Waals surface area contributed by atoms with Crippen molar-refractivity contribution in [2.45, 2.75) is 78.6 Å². The van der Waals surface area contributed by atoms with Gasteiger partial charge in [0, 0.05) is 5.56 Å². The van der Waals surface area contributed by atoms with Crippen molar-refractivity contribution < 1.29 is 32.0 Å². The largest absolute Gasteiger partial charge is 0.488 e. The van der Waals surface area contributed by atoms with Gasteiger partial charge in [-0.2, -0.15) is 18.4 Å². The van der Waals surface area contributed by atoms with Gasteiger partial charge in [0.05, 0.1) is 4.90 Å². The van der Waals surface area contributed by atoms with Crippen LogP contribution in [0, 0.1) is 0 Å². The highest BCUT2D eigenvalue weighted by Gasteiger charge is 2.29. The fourth-order valence-electron chi connectivity index (χ4n) is 6.83. The summed E-state index contributed by atoms with van der Waals surface area (Å²) < 4.78 is 53.8. The predicted octanol–water partition coefficient (Wildman–Crippen LogP) is 11.7. The second-order valence-corrected chi connectivity index (χ2v) is 19.3. The molecule has 0 spiro atoms. The summed E-state index contributed by atoms with van der Waals surface area (Å²) in [6.45, 7) is 9.83. The van der Waals surface area contributed by atoms with Crippen LogP contribution in [0.25, 0.3) is 21.9 Å². The molecule has 1 N–H and O–H groups in total. The van der Waals surface area contributed by atoms with Crippen molar-refractivity contribution in [3.05, 3.63) is 139 Å². The number of rotatable bonds is 13. The molecule has 6 aromatic carbocycles. The van der Waals surface area contributed by atoms with Crippen LogP contribution >= 0.6 is 10.0 Å². The molecule has 0 fully saturated rings. The Labute approximate surface area is 326 Å². The Morgan fingerprint density at radius 3 is 1.82 bits per heavy atom. The zero-order valence-electron chi connectivity index (χ0n) is 32.1. The van der Waals surface area contributed by atoms with E-state index in [4.69, 9.17) is 14.2 Å². The van der Waals surface area contributed by atoms with Crippen LogP contribution in [0.4, 0.5) is 0 Å². The topological polar surface area (TPSA) is 99.1 Å². The quantitative estimate of drug-likeness (QED) is 0.0708. The molecule has 0 atom stereocenters. The maximum Gasteiger partial charge on any atom is 0.349 e. The minimum atomic E-state index is -4.60. The molecule has 0 aromatic heterocycles. The summed E-state index contributed by atoms with van der Waals surface area (Å²) in [6, 6.07) is 42.4. The number of fused-ring (bicyclic) bond motifs is 1. The van der Waals surface area contributed by atoms with Crippen molar-refractivity contribution in [1.82, 2.24) is 0 Å². The first kappa shape index (κ1) is 39.6. The predicted molar refractivity (Wildman–Crippen MR) is 222 cm³/mol. The van der Waals surface area contributed by atoms with Crippen LogP contribution in [-0.2, 0) is 14.9 Å². The van der Waals surface area contributed by atoms with Crippen molar-refractivity contribution in [1.29, 1.82) is 0 Å². The molecule has 286 valence electrons. The van der Waals surface area contributed by atoms with E-state index in [1.165, 1.54) is 17.7 Å². The van der Waals surface area contributed by atoms with E-state index >= 15 is 0 Å². The third-order valence-corrected chi connectivity index (χ3v) is 14.1. The van der Waals surface area contributed by atoms with E-state index in [2.05, 4.69) is 56.5 Å². The van der Waals surface area contributed by atoms with Gasteiger partial charge >= 0.3 is 5.97 Å². The first-order valence-corrected chi connectivity index (χ1v) is 21.9. The third-order valence-electron chi connectivity index (χ3n) is 9.68. The minimum absolute atomic E-state index is 0.254. The Bertz CT molecular complexity index is 2340. The van der Waals surface area contributed by atoms with Crippen molar-refractivity contribution >= 4 is 36.9 Å². The number of benzene rings is 6. The molecule has 7 nitrogen and oxygen atoms in total. The lowest BCUT2D eigenvalue weighted by Crippen LogP contribution is -2.23. The second-order valence-electron chi connectivity index (χ2n) is 14.6. The Kier molecular flexibility index (Phi) is 11.8. The maximum atomic E-state index is 12.9. The molecular formula is C46H48O7S2. The van der Waals surface area contributed by atoms with Gasteiger partial charge in [-0.1, -0.05) is 68.4 Å². The van der Waals surface area contributed by atoms with E-state index in [1.54, 1.807) is 30.3 Å². The van der Waals surface area contributed by atoms with Crippen LogP contribution in [0.5, 0.6) is 17.2 Å². The van der Waals surface area contributed by atoms with Gasteiger partial charge in [0.15, 0.2) is 6.61 Å². The number of esters is 1. The first-order valence-electron chi connectivity index (χ1n) is 18.4. The van der Waals surface area contributed by atoms with Crippen molar-refractivity contribution in [2.75, 3.05) is 12.9 Å². The number of hydrogen-bond acceptors (Lipinski definition) is 6. The Balaban J connectivity index is 1.44. The van der Waals surface area contributed by atoms with Crippen LogP contribution in [0.3, 0.4) is 0 Å². The monoisotopic (exact) mass is 776 g/mol. The lowest BCUT2D eigenvalue weighted by molar-refractivity contribution is -0.136. The number of hydrogen-bond donors (Lipinski definition) is 1. The molecule has 0 radical (unpaired) electrons. The fraction of sp³-hybridized carbons (Fsp3) is 0.239. The van der Waals surface area contributed by atoms with E-state index in [0.29, 0.717) is 45.1 Å². The minimum Gasteiger partial charge on any atom is -0.488 e. The maximum absolute atomic E-state index is 12.9. The SMILES string of the molecule is CCC(CC)c1ccc(OC(=O)COc2ccc3cc(S(=O)(=O)O)cc(-c4cc(S(C)(c5ccccc5)c5ccccc5)ccc4OC(C)(C)C)c3c2)cc1. The normalized spacial score (nSPS) is 12.4. The summed E-state index contributed by atoms with van der Waals surface area (Å²) in [5.74, 6) is 1.26. The molecule has 0 heterocycles. The molecule has 0 saturated heterocycles. The fourth-order valence-corrected chi connectivity index (χ4v) is 10.3. The summed E-state index contributed by atoms with van der Waals surface area (Å²) in [6.07, 6.45) is 4.32. The Morgan fingerprint density at radius 1 is 0.673 bits per heavy atom. The molecule has 0 saturated carbocycles. The van der Waals surface area contributed by atoms with Gasteiger partial charge < -0.3 is 14.2 Å². The molecule has 0 amide bonds. The van der Waals surface area contributed by atoms with Gasteiger partial charge in [0.25, 0.3) is 10.1 Å². The molecule has 0 aliphatic rings. The number of carbonyl (C=O) groups excluding carboxylic acids is 1. The van der Waals surface area contributed by atoms with Crippen LogP contribution in [-0.4, -0.2) is 37.4 Å². The van der Waals surface area contributed by atoms with Gasteiger partial charge in [-0.25, -0.2) is 4.79 Å². The molecule has 6 rings (SSSR count). The van der Waals surface area contributed by atoms with Crippen molar-refractivity contribution in [2.24, 2.45) is 0 Å². The molecule has 6 aromatic rings. The van der Waals surface area contributed by atoms with Gasteiger partial charge in [-0.05, 0) is 161 Å². The molecule has 0 aliphatic heterocycles.